The fourth-order valence-electron chi connectivity index (χ4n) is 2.14. The molecule has 87 valence electrons. The Balaban J connectivity index is 1.72. The van der Waals surface area contributed by atoms with Gasteiger partial charge in [0.2, 0.25) is 0 Å². The van der Waals surface area contributed by atoms with Crippen molar-refractivity contribution in [1.29, 1.82) is 0 Å². The van der Waals surface area contributed by atoms with Gasteiger partial charge in [0.05, 0.1) is 19.8 Å². The second-order valence-corrected chi connectivity index (χ2v) is 4.06. The van der Waals surface area contributed by atoms with Gasteiger partial charge in [-0.3, -0.25) is 9.80 Å². The number of hydrogen-bond donors (Lipinski definition) is 1. The molecule has 0 aliphatic carbocycles. The zero-order chi connectivity index (χ0) is 10.5. The van der Waals surface area contributed by atoms with E-state index in [2.05, 4.69) is 15.1 Å². The van der Waals surface area contributed by atoms with E-state index in [4.69, 9.17) is 9.84 Å². The first kappa shape index (κ1) is 11.3. The van der Waals surface area contributed by atoms with E-state index in [-0.39, 0.29) is 12.8 Å². The van der Waals surface area contributed by atoms with E-state index in [9.17, 15) is 0 Å². The van der Waals surface area contributed by atoms with Crippen LogP contribution in [0.5, 0.6) is 0 Å². The summed E-state index contributed by atoms with van der Waals surface area (Å²) >= 11 is 0. The number of ether oxygens (including phenoxy) is 1. The Hall–Kier alpha value is -0.200. The van der Waals surface area contributed by atoms with Crippen molar-refractivity contribution in [1.82, 2.24) is 15.1 Å². The van der Waals surface area contributed by atoms with E-state index in [0.717, 1.165) is 52.4 Å². The summed E-state index contributed by atoms with van der Waals surface area (Å²) in [7, 11) is 0. The summed E-state index contributed by atoms with van der Waals surface area (Å²) in [5, 5.41) is 13.2. The zero-order valence-corrected chi connectivity index (χ0v) is 9.14. The van der Waals surface area contributed by atoms with E-state index in [0.29, 0.717) is 0 Å². The second kappa shape index (κ2) is 5.77. The Labute approximate surface area is 91.0 Å². The molecule has 1 N–H and O–H groups in total. The summed E-state index contributed by atoms with van der Waals surface area (Å²) in [5.74, 6) is 0. The van der Waals surface area contributed by atoms with Gasteiger partial charge in [-0.15, -0.1) is 0 Å². The van der Waals surface area contributed by atoms with E-state index in [1.54, 1.807) is 0 Å². The number of β-amino-alcohol motifs (C(OH)–C–C–N with tert-alkyl or cyclic N) is 1. The highest BCUT2D eigenvalue weighted by Crippen LogP contribution is 2.09. The van der Waals surface area contributed by atoms with E-state index < -0.39 is 0 Å². The van der Waals surface area contributed by atoms with Crippen molar-refractivity contribution >= 4 is 0 Å². The topological polar surface area (TPSA) is 50.0 Å². The van der Waals surface area contributed by atoms with Crippen LogP contribution < -0.4 is 5.32 Å². The van der Waals surface area contributed by atoms with Crippen molar-refractivity contribution in [3.8, 4) is 0 Å². The van der Waals surface area contributed by atoms with Gasteiger partial charge in [-0.2, -0.15) is 0 Å². The van der Waals surface area contributed by atoms with E-state index in [1.165, 1.54) is 0 Å². The average Bonchev–Trinajstić information content (AvgIpc) is 2.32. The van der Waals surface area contributed by atoms with E-state index in [1.807, 2.05) is 0 Å². The van der Waals surface area contributed by atoms with Crippen LogP contribution in [-0.2, 0) is 4.74 Å². The molecule has 1 unspecified atom stereocenters. The fourth-order valence-corrected chi connectivity index (χ4v) is 2.14. The van der Waals surface area contributed by atoms with Crippen LogP contribution in [0.2, 0.25) is 0 Å². The summed E-state index contributed by atoms with van der Waals surface area (Å²) in [6.07, 6.45) is 0.204. The van der Waals surface area contributed by atoms with Crippen LogP contribution in [0.1, 0.15) is 0 Å². The summed E-state index contributed by atoms with van der Waals surface area (Å²) < 4.78 is 5.68. The lowest BCUT2D eigenvalue weighted by Crippen LogP contribution is -2.55. The van der Waals surface area contributed by atoms with Gasteiger partial charge >= 0.3 is 0 Å². The Morgan fingerprint density at radius 1 is 1.27 bits per heavy atom. The molecule has 0 aromatic carbocycles. The van der Waals surface area contributed by atoms with Crippen LogP contribution in [0.15, 0.2) is 0 Å². The SMILES string of the molecule is OCCN1CCN(C2C[N]CCO2)CC1. The monoisotopic (exact) mass is 214 g/mol. The molecule has 0 aromatic rings. The Bertz CT molecular complexity index is 178. The highest BCUT2D eigenvalue weighted by molar-refractivity contribution is 4.76. The minimum Gasteiger partial charge on any atom is -0.395 e. The van der Waals surface area contributed by atoms with Crippen LogP contribution in [0.4, 0.5) is 0 Å². The second-order valence-electron chi connectivity index (χ2n) is 4.06. The van der Waals surface area contributed by atoms with Crippen molar-refractivity contribution in [3.05, 3.63) is 0 Å². The predicted octanol–water partition coefficient (Wildman–Crippen LogP) is -1.44. The lowest BCUT2D eigenvalue weighted by Gasteiger charge is -2.39. The first-order chi connectivity index (χ1) is 7.40. The number of aliphatic hydroxyl groups excluding tert-OH is 1. The summed E-state index contributed by atoms with van der Waals surface area (Å²) in [6.45, 7) is 7.60. The van der Waals surface area contributed by atoms with Gasteiger partial charge in [-0.25, -0.2) is 5.32 Å². The molecule has 1 radical (unpaired) electrons. The Morgan fingerprint density at radius 3 is 2.67 bits per heavy atom. The van der Waals surface area contributed by atoms with E-state index >= 15 is 0 Å². The number of nitrogens with zero attached hydrogens (tertiary/aromatic N) is 3. The van der Waals surface area contributed by atoms with Gasteiger partial charge in [0, 0.05) is 39.3 Å². The summed E-state index contributed by atoms with van der Waals surface area (Å²) in [6, 6.07) is 0. The Morgan fingerprint density at radius 2 is 2.07 bits per heavy atom. The molecular weight excluding hydrogens is 194 g/mol. The molecule has 2 heterocycles. The minimum atomic E-state index is 0.204. The maximum absolute atomic E-state index is 8.84. The molecule has 2 aliphatic heterocycles. The number of rotatable bonds is 3. The highest BCUT2D eigenvalue weighted by atomic mass is 16.5. The smallest absolute Gasteiger partial charge is 0.125 e. The molecule has 0 bridgehead atoms. The lowest BCUT2D eigenvalue weighted by molar-refractivity contribution is -0.0909. The quantitative estimate of drug-likeness (QED) is 0.625. The third kappa shape index (κ3) is 3.12. The zero-order valence-electron chi connectivity index (χ0n) is 9.14. The third-order valence-electron chi connectivity index (χ3n) is 3.08. The maximum Gasteiger partial charge on any atom is 0.125 e. The third-order valence-corrected chi connectivity index (χ3v) is 3.08. The van der Waals surface area contributed by atoms with Gasteiger partial charge < -0.3 is 9.84 Å². The number of hydrogen-bond acceptors (Lipinski definition) is 4. The summed E-state index contributed by atoms with van der Waals surface area (Å²) in [4.78, 5) is 4.65. The normalized spacial score (nSPS) is 30.6. The highest BCUT2D eigenvalue weighted by Gasteiger charge is 2.25. The first-order valence-corrected chi connectivity index (χ1v) is 5.72. The van der Waals surface area contributed by atoms with Crippen molar-refractivity contribution in [3.63, 3.8) is 0 Å². The number of aliphatic hydroxyl groups is 1. The molecule has 2 fully saturated rings. The van der Waals surface area contributed by atoms with Gasteiger partial charge in [-0.05, 0) is 0 Å². The van der Waals surface area contributed by atoms with Crippen LogP contribution >= 0.6 is 0 Å². The maximum atomic E-state index is 8.84. The molecule has 1 atom stereocenters. The molecule has 0 saturated carbocycles. The number of morpholine rings is 1. The molecule has 2 aliphatic rings. The standard InChI is InChI=1S/C10H20N3O2/c14-7-6-12-2-4-13(5-3-12)10-9-11-1-8-15-10/h10,14H,1-9H2. The largest absolute Gasteiger partial charge is 0.395 e. The van der Waals surface area contributed by atoms with Crippen molar-refractivity contribution in [2.24, 2.45) is 0 Å². The molecule has 2 rings (SSSR count). The van der Waals surface area contributed by atoms with Gasteiger partial charge in [0.15, 0.2) is 0 Å². The van der Waals surface area contributed by atoms with Crippen LogP contribution in [0, 0.1) is 0 Å². The van der Waals surface area contributed by atoms with Gasteiger partial charge in [0.25, 0.3) is 0 Å². The first-order valence-electron chi connectivity index (χ1n) is 5.72. The Kier molecular flexibility index (Phi) is 4.34. The molecule has 0 amide bonds. The van der Waals surface area contributed by atoms with Crippen LogP contribution in [0.25, 0.3) is 0 Å². The van der Waals surface area contributed by atoms with Crippen molar-refractivity contribution in [2.75, 3.05) is 59.0 Å². The molecule has 15 heavy (non-hydrogen) atoms. The molecule has 0 spiro atoms. The van der Waals surface area contributed by atoms with Crippen molar-refractivity contribution in [2.45, 2.75) is 6.23 Å². The van der Waals surface area contributed by atoms with Gasteiger partial charge in [-0.1, -0.05) is 0 Å². The lowest BCUT2D eigenvalue weighted by atomic mass is 10.3. The van der Waals surface area contributed by atoms with Crippen LogP contribution in [0.3, 0.4) is 0 Å². The predicted molar refractivity (Wildman–Crippen MR) is 56.7 cm³/mol. The molecule has 2 saturated heterocycles. The average molecular weight is 214 g/mol. The minimum absolute atomic E-state index is 0.204. The molecule has 5 heteroatoms. The fraction of sp³-hybridized carbons (Fsp3) is 1.00. The summed E-state index contributed by atoms with van der Waals surface area (Å²) in [5.41, 5.74) is 0. The molecule has 5 nitrogen and oxygen atoms in total. The van der Waals surface area contributed by atoms with Gasteiger partial charge in [0.1, 0.15) is 6.23 Å². The van der Waals surface area contributed by atoms with Crippen LogP contribution in [-0.4, -0.2) is 80.2 Å². The van der Waals surface area contributed by atoms with Crippen molar-refractivity contribution < 1.29 is 9.84 Å². The number of piperazine rings is 1. The molecular formula is C10H20N3O2. The molecule has 0 aromatic heterocycles.